The number of hydrogen-bond donors (Lipinski definition) is 1. The van der Waals surface area contributed by atoms with E-state index in [0.717, 1.165) is 25.1 Å². The molecule has 3 rings (SSSR count). The molecule has 0 amide bonds. The van der Waals surface area contributed by atoms with Crippen LogP contribution in [0.15, 0.2) is 28.8 Å². The van der Waals surface area contributed by atoms with Gasteiger partial charge in [0.25, 0.3) is 5.89 Å². The van der Waals surface area contributed by atoms with Gasteiger partial charge in [-0.15, -0.1) is 12.4 Å². The number of nitrogens with one attached hydrogen (secondary N) is 1. The summed E-state index contributed by atoms with van der Waals surface area (Å²) in [6, 6.07) is 8.22. The smallest absolute Gasteiger partial charge is 0.257 e. The highest BCUT2D eigenvalue weighted by atomic mass is 35.5. The number of nitrogens with zero attached hydrogens (tertiary/aromatic N) is 2. The maximum absolute atomic E-state index is 5.59. The van der Waals surface area contributed by atoms with Crippen LogP contribution in [0.1, 0.15) is 24.5 Å². The lowest BCUT2D eigenvalue weighted by Gasteiger charge is -2.19. The largest absolute Gasteiger partial charge is 0.366 e. The summed E-state index contributed by atoms with van der Waals surface area (Å²) in [5.74, 6) is 1.16. The lowest BCUT2D eigenvalue weighted by molar-refractivity contribution is 0.00755. The van der Waals surface area contributed by atoms with Crippen molar-refractivity contribution in [1.29, 1.82) is 0 Å². The Morgan fingerprint density at radius 1 is 1.30 bits per heavy atom. The predicted octanol–water partition coefficient (Wildman–Crippen LogP) is 2.38. The first-order valence-electron chi connectivity index (χ1n) is 6.62. The summed E-state index contributed by atoms with van der Waals surface area (Å²) in [7, 11) is 0. The van der Waals surface area contributed by atoms with Crippen molar-refractivity contribution in [3.05, 3.63) is 35.7 Å². The topological polar surface area (TPSA) is 60.2 Å². The summed E-state index contributed by atoms with van der Waals surface area (Å²) < 4.78 is 10.9. The molecule has 0 aliphatic carbocycles. The van der Waals surface area contributed by atoms with E-state index >= 15 is 0 Å². The van der Waals surface area contributed by atoms with Gasteiger partial charge in [-0.1, -0.05) is 36.3 Å². The molecule has 6 heteroatoms. The Morgan fingerprint density at radius 3 is 2.75 bits per heavy atom. The number of hydrogen-bond acceptors (Lipinski definition) is 5. The van der Waals surface area contributed by atoms with Crippen LogP contribution in [0.4, 0.5) is 0 Å². The number of halogens is 1. The number of benzene rings is 1. The predicted molar refractivity (Wildman–Crippen MR) is 77.9 cm³/mol. The number of aromatic nitrogens is 2. The molecule has 1 fully saturated rings. The third kappa shape index (κ3) is 3.17. The normalized spacial score (nSPS) is 18.6. The van der Waals surface area contributed by atoms with Crippen molar-refractivity contribution >= 4 is 12.4 Å². The van der Waals surface area contributed by atoms with E-state index in [9.17, 15) is 0 Å². The molecule has 20 heavy (non-hydrogen) atoms. The quantitative estimate of drug-likeness (QED) is 0.942. The molecule has 0 bridgehead atoms. The standard InChI is InChI=1S/C14H17N3O2.ClH/c1-2-10-3-5-11(6-4-10)13-16-14(19-17-13)12-9-15-7-8-18-12;/h3-6,12,15H,2,7-9H2,1H3;1H/t12-;/m0./s1. The summed E-state index contributed by atoms with van der Waals surface area (Å²) in [6.45, 7) is 4.40. The molecule has 0 unspecified atom stereocenters. The number of rotatable bonds is 3. The van der Waals surface area contributed by atoms with E-state index in [4.69, 9.17) is 9.26 Å². The zero-order valence-electron chi connectivity index (χ0n) is 11.3. The Morgan fingerprint density at radius 2 is 2.10 bits per heavy atom. The molecule has 0 spiro atoms. The fourth-order valence-electron chi connectivity index (χ4n) is 2.10. The van der Waals surface area contributed by atoms with Gasteiger partial charge in [-0.05, 0) is 12.0 Å². The molecule has 0 saturated carbocycles. The molecule has 0 radical (unpaired) electrons. The first-order chi connectivity index (χ1) is 9.36. The summed E-state index contributed by atoms with van der Waals surface area (Å²) in [5.41, 5.74) is 2.27. The summed E-state index contributed by atoms with van der Waals surface area (Å²) >= 11 is 0. The molecule has 1 N–H and O–H groups in total. The van der Waals surface area contributed by atoms with Crippen molar-refractivity contribution in [1.82, 2.24) is 15.5 Å². The van der Waals surface area contributed by atoms with Crippen molar-refractivity contribution < 1.29 is 9.26 Å². The monoisotopic (exact) mass is 295 g/mol. The van der Waals surface area contributed by atoms with E-state index in [2.05, 4.69) is 34.5 Å². The van der Waals surface area contributed by atoms with E-state index in [1.54, 1.807) is 0 Å². The van der Waals surface area contributed by atoms with Gasteiger partial charge in [0.15, 0.2) is 0 Å². The van der Waals surface area contributed by atoms with Crippen molar-refractivity contribution in [2.75, 3.05) is 19.7 Å². The Balaban J connectivity index is 0.00000147. The SMILES string of the molecule is CCc1ccc(-c2noc([C@@H]3CNCCO3)n2)cc1.Cl. The fourth-order valence-corrected chi connectivity index (χ4v) is 2.10. The first-order valence-corrected chi connectivity index (χ1v) is 6.62. The molecule has 108 valence electrons. The van der Waals surface area contributed by atoms with Crippen LogP contribution in [0, 0.1) is 0 Å². The molecule has 1 saturated heterocycles. The van der Waals surface area contributed by atoms with Gasteiger partial charge in [-0.2, -0.15) is 4.98 Å². The minimum atomic E-state index is -0.134. The Labute approximate surface area is 124 Å². The van der Waals surface area contributed by atoms with Crippen LogP contribution in [0.25, 0.3) is 11.4 Å². The van der Waals surface area contributed by atoms with Crippen molar-refractivity contribution in [2.24, 2.45) is 0 Å². The molecule has 5 nitrogen and oxygen atoms in total. The lowest BCUT2D eigenvalue weighted by Crippen LogP contribution is -2.33. The molecule has 2 heterocycles. The second kappa shape index (κ2) is 6.83. The summed E-state index contributed by atoms with van der Waals surface area (Å²) in [5, 5.41) is 7.27. The van der Waals surface area contributed by atoms with Crippen molar-refractivity contribution in [2.45, 2.75) is 19.4 Å². The Bertz CT molecular complexity index is 536. The second-order valence-electron chi connectivity index (χ2n) is 4.57. The van der Waals surface area contributed by atoms with Crippen LogP contribution >= 0.6 is 12.4 Å². The minimum absolute atomic E-state index is 0. The van der Waals surface area contributed by atoms with E-state index in [1.165, 1.54) is 5.56 Å². The molecular formula is C14H18ClN3O2. The molecule has 1 aromatic heterocycles. The minimum Gasteiger partial charge on any atom is -0.366 e. The average molecular weight is 296 g/mol. The van der Waals surface area contributed by atoms with Crippen LogP contribution in [0.5, 0.6) is 0 Å². The number of aryl methyl sites for hydroxylation is 1. The molecule has 1 atom stereocenters. The maximum atomic E-state index is 5.59. The maximum Gasteiger partial charge on any atom is 0.257 e. The van der Waals surface area contributed by atoms with Crippen LogP contribution in [-0.2, 0) is 11.2 Å². The fraction of sp³-hybridized carbons (Fsp3) is 0.429. The highest BCUT2D eigenvalue weighted by molar-refractivity contribution is 5.85. The summed E-state index contributed by atoms with van der Waals surface area (Å²) in [4.78, 5) is 4.42. The van der Waals surface area contributed by atoms with Gasteiger partial charge in [0.1, 0.15) is 6.10 Å². The van der Waals surface area contributed by atoms with E-state index in [-0.39, 0.29) is 18.5 Å². The lowest BCUT2D eigenvalue weighted by atomic mass is 10.1. The summed E-state index contributed by atoms with van der Waals surface area (Å²) in [6.07, 6.45) is 0.893. The first kappa shape index (κ1) is 15.0. The van der Waals surface area contributed by atoms with Gasteiger partial charge in [0, 0.05) is 18.7 Å². The zero-order chi connectivity index (χ0) is 13.1. The zero-order valence-corrected chi connectivity index (χ0v) is 12.2. The van der Waals surface area contributed by atoms with Gasteiger partial charge < -0.3 is 14.6 Å². The molecular weight excluding hydrogens is 278 g/mol. The van der Waals surface area contributed by atoms with Crippen LogP contribution in [0.3, 0.4) is 0 Å². The highest BCUT2D eigenvalue weighted by Crippen LogP contribution is 2.21. The third-order valence-electron chi connectivity index (χ3n) is 3.27. The van der Waals surface area contributed by atoms with Crippen LogP contribution in [-0.4, -0.2) is 29.8 Å². The Hall–Kier alpha value is -1.43. The molecule has 2 aromatic rings. The van der Waals surface area contributed by atoms with E-state index in [0.29, 0.717) is 18.3 Å². The van der Waals surface area contributed by atoms with E-state index < -0.39 is 0 Å². The highest BCUT2D eigenvalue weighted by Gasteiger charge is 2.22. The molecule has 1 aliphatic rings. The molecule has 1 aromatic carbocycles. The third-order valence-corrected chi connectivity index (χ3v) is 3.27. The van der Waals surface area contributed by atoms with Gasteiger partial charge in [-0.25, -0.2) is 0 Å². The number of morpholine rings is 1. The van der Waals surface area contributed by atoms with Crippen molar-refractivity contribution in [3.63, 3.8) is 0 Å². The van der Waals surface area contributed by atoms with Gasteiger partial charge in [0.05, 0.1) is 6.61 Å². The molecule has 1 aliphatic heterocycles. The van der Waals surface area contributed by atoms with Crippen LogP contribution < -0.4 is 5.32 Å². The van der Waals surface area contributed by atoms with Gasteiger partial charge in [-0.3, -0.25) is 0 Å². The Kier molecular flexibility index (Phi) is 5.11. The second-order valence-corrected chi connectivity index (χ2v) is 4.57. The average Bonchev–Trinajstić information content (AvgIpc) is 2.98. The van der Waals surface area contributed by atoms with E-state index in [1.807, 2.05) is 12.1 Å². The van der Waals surface area contributed by atoms with Gasteiger partial charge in [0.2, 0.25) is 5.82 Å². The van der Waals surface area contributed by atoms with Crippen LogP contribution in [0.2, 0.25) is 0 Å². The van der Waals surface area contributed by atoms with Crippen molar-refractivity contribution in [3.8, 4) is 11.4 Å². The van der Waals surface area contributed by atoms with Gasteiger partial charge >= 0.3 is 0 Å². The number of ether oxygens (including phenoxy) is 1.